The average molecular weight is 197 g/mol. The lowest BCUT2D eigenvalue weighted by Gasteiger charge is -2.38. The largest absolute Gasteiger partial charge is 0.381 e. The summed E-state index contributed by atoms with van der Waals surface area (Å²) in [4.78, 5) is 0. The minimum atomic E-state index is 0.531. The molecule has 2 nitrogen and oxygen atoms in total. The lowest BCUT2D eigenvalue weighted by atomic mass is 9.87. The maximum atomic E-state index is 5.28. The fraction of sp³-hybridized carbons (Fsp3) is 1.00. The summed E-state index contributed by atoms with van der Waals surface area (Å²) in [5.74, 6) is 0.941. The highest BCUT2D eigenvalue weighted by Gasteiger charge is 2.31. The molecule has 1 atom stereocenters. The Hall–Kier alpha value is -0.0800. The second-order valence-corrected chi connectivity index (χ2v) is 5.03. The fourth-order valence-electron chi connectivity index (χ4n) is 2.86. The van der Waals surface area contributed by atoms with Gasteiger partial charge in [-0.3, -0.25) is 0 Å². The molecule has 0 amide bonds. The molecule has 0 bridgehead atoms. The van der Waals surface area contributed by atoms with Gasteiger partial charge in [0.2, 0.25) is 0 Å². The van der Waals surface area contributed by atoms with E-state index in [0.29, 0.717) is 6.10 Å². The standard InChI is InChI=1S/C12H23NO/c1-9(10-5-3-4-6-10)13-11-7-12(8-11)14-2/h9-13H,3-8H2,1-2H3/t9-,11?,12?/m0/s1. The van der Waals surface area contributed by atoms with E-state index in [4.69, 9.17) is 4.74 Å². The van der Waals surface area contributed by atoms with E-state index in [2.05, 4.69) is 12.2 Å². The Kier molecular flexibility index (Phi) is 3.45. The molecule has 2 aliphatic carbocycles. The van der Waals surface area contributed by atoms with Crippen LogP contribution in [0.2, 0.25) is 0 Å². The van der Waals surface area contributed by atoms with Gasteiger partial charge in [-0.15, -0.1) is 0 Å². The van der Waals surface area contributed by atoms with Gasteiger partial charge < -0.3 is 10.1 Å². The van der Waals surface area contributed by atoms with Crippen molar-refractivity contribution in [2.24, 2.45) is 5.92 Å². The molecule has 0 radical (unpaired) electrons. The Bertz CT molecular complexity index is 171. The third-order valence-electron chi connectivity index (χ3n) is 4.03. The average Bonchev–Trinajstić information content (AvgIpc) is 2.62. The van der Waals surface area contributed by atoms with Crippen LogP contribution in [0.5, 0.6) is 0 Å². The molecule has 0 heterocycles. The molecule has 2 rings (SSSR count). The normalized spacial score (nSPS) is 35.6. The Balaban J connectivity index is 1.65. The molecule has 2 heteroatoms. The lowest BCUT2D eigenvalue weighted by Crippen LogP contribution is -2.50. The molecule has 0 saturated heterocycles. The topological polar surface area (TPSA) is 21.3 Å². The second kappa shape index (κ2) is 4.63. The molecule has 0 unspecified atom stereocenters. The summed E-state index contributed by atoms with van der Waals surface area (Å²) in [6.07, 6.45) is 8.73. The van der Waals surface area contributed by atoms with Gasteiger partial charge in [-0.05, 0) is 38.5 Å². The van der Waals surface area contributed by atoms with E-state index < -0.39 is 0 Å². The van der Waals surface area contributed by atoms with Crippen LogP contribution in [-0.2, 0) is 4.74 Å². The summed E-state index contributed by atoms with van der Waals surface area (Å²) >= 11 is 0. The van der Waals surface area contributed by atoms with Crippen LogP contribution in [0.1, 0.15) is 45.4 Å². The summed E-state index contributed by atoms with van der Waals surface area (Å²) in [7, 11) is 1.82. The van der Waals surface area contributed by atoms with Crippen molar-refractivity contribution in [2.45, 2.75) is 63.6 Å². The zero-order chi connectivity index (χ0) is 9.97. The van der Waals surface area contributed by atoms with Crippen molar-refractivity contribution < 1.29 is 4.74 Å². The molecule has 2 saturated carbocycles. The number of hydrogen-bond donors (Lipinski definition) is 1. The zero-order valence-corrected chi connectivity index (χ0v) is 9.46. The Labute approximate surface area is 87.4 Å². The highest BCUT2D eigenvalue weighted by Crippen LogP contribution is 2.30. The van der Waals surface area contributed by atoms with Crippen molar-refractivity contribution in [3.8, 4) is 0 Å². The number of hydrogen-bond acceptors (Lipinski definition) is 2. The molecule has 0 aromatic rings. The Morgan fingerprint density at radius 3 is 2.43 bits per heavy atom. The van der Waals surface area contributed by atoms with Gasteiger partial charge >= 0.3 is 0 Å². The molecule has 14 heavy (non-hydrogen) atoms. The van der Waals surface area contributed by atoms with Crippen LogP contribution in [0.25, 0.3) is 0 Å². The van der Waals surface area contributed by atoms with Crippen molar-refractivity contribution in [1.29, 1.82) is 0 Å². The fourth-order valence-corrected chi connectivity index (χ4v) is 2.86. The first-order chi connectivity index (χ1) is 6.79. The van der Waals surface area contributed by atoms with Crippen molar-refractivity contribution >= 4 is 0 Å². The van der Waals surface area contributed by atoms with E-state index in [1.54, 1.807) is 0 Å². The van der Waals surface area contributed by atoms with Crippen molar-refractivity contribution in [3.05, 3.63) is 0 Å². The van der Waals surface area contributed by atoms with Crippen LogP contribution < -0.4 is 5.32 Å². The maximum absolute atomic E-state index is 5.28. The summed E-state index contributed by atoms with van der Waals surface area (Å²) in [6.45, 7) is 2.36. The van der Waals surface area contributed by atoms with E-state index in [1.807, 2.05) is 7.11 Å². The SMILES string of the molecule is COC1CC(N[C@@H](C)C2CCCC2)C1. The van der Waals surface area contributed by atoms with Crippen LogP contribution >= 0.6 is 0 Å². The molecule has 0 spiro atoms. The van der Waals surface area contributed by atoms with Gasteiger partial charge in [-0.2, -0.15) is 0 Å². The molecule has 0 aromatic heterocycles. The van der Waals surface area contributed by atoms with E-state index in [1.165, 1.54) is 38.5 Å². The lowest BCUT2D eigenvalue weighted by molar-refractivity contribution is 0.0127. The molecule has 2 aliphatic rings. The van der Waals surface area contributed by atoms with Crippen molar-refractivity contribution in [2.75, 3.05) is 7.11 Å². The summed E-state index contributed by atoms with van der Waals surface area (Å²) in [6, 6.07) is 1.45. The third kappa shape index (κ3) is 2.29. The van der Waals surface area contributed by atoms with Gasteiger partial charge in [-0.25, -0.2) is 0 Å². The van der Waals surface area contributed by atoms with Crippen molar-refractivity contribution in [3.63, 3.8) is 0 Å². The van der Waals surface area contributed by atoms with Crippen LogP contribution in [0, 0.1) is 5.92 Å². The van der Waals surface area contributed by atoms with Crippen LogP contribution in [-0.4, -0.2) is 25.3 Å². The van der Waals surface area contributed by atoms with E-state index in [0.717, 1.165) is 18.0 Å². The molecular weight excluding hydrogens is 174 g/mol. The second-order valence-electron chi connectivity index (χ2n) is 5.03. The first-order valence-electron chi connectivity index (χ1n) is 6.08. The predicted octanol–water partition coefficient (Wildman–Crippen LogP) is 2.33. The molecule has 82 valence electrons. The van der Waals surface area contributed by atoms with E-state index in [9.17, 15) is 0 Å². The van der Waals surface area contributed by atoms with Gasteiger partial charge in [-0.1, -0.05) is 12.8 Å². The van der Waals surface area contributed by atoms with Crippen LogP contribution in [0.15, 0.2) is 0 Å². The van der Waals surface area contributed by atoms with E-state index in [-0.39, 0.29) is 0 Å². The zero-order valence-electron chi connectivity index (χ0n) is 9.46. The molecular formula is C12H23NO. The maximum Gasteiger partial charge on any atom is 0.0601 e. The van der Waals surface area contributed by atoms with Crippen LogP contribution in [0.3, 0.4) is 0 Å². The monoisotopic (exact) mass is 197 g/mol. The summed E-state index contributed by atoms with van der Waals surface area (Å²) in [5, 5.41) is 3.74. The Morgan fingerprint density at radius 2 is 1.86 bits per heavy atom. The summed E-state index contributed by atoms with van der Waals surface area (Å²) in [5.41, 5.74) is 0. The minimum Gasteiger partial charge on any atom is -0.381 e. The minimum absolute atomic E-state index is 0.531. The van der Waals surface area contributed by atoms with Crippen LogP contribution in [0.4, 0.5) is 0 Å². The number of nitrogens with one attached hydrogen (secondary N) is 1. The molecule has 0 aromatic carbocycles. The number of rotatable bonds is 4. The Morgan fingerprint density at radius 1 is 1.21 bits per heavy atom. The van der Waals surface area contributed by atoms with Gasteiger partial charge in [0.15, 0.2) is 0 Å². The first kappa shape index (κ1) is 10.4. The predicted molar refractivity (Wildman–Crippen MR) is 58.4 cm³/mol. The molecule has 2 fully saturated rings. The third-order valence-corrected chi connectivity index (χ3v) is 4.03. The summed E-state index contributed by atoms with van der Waals surface area (Å²) < 4.78 is 5.28. The number of ether oxygens (including phenoxy) is 1. The van der Waals surface area contributed by atoms with Gasteiger partial charge in [0, 0.05) is 19.2 Å². The highest BCUT2D eigenvalue weighted by atomic mass is 16.5. The number of methoxy groups -OCH3 is 1. The van der Waals surface area contributed by atoms with Crippen molar-refractivity contribution in [1.82, 2.24) is 5.32 Å². The quantitative estimate of drug-likeness (QED) is 0.747. The molecule has 0 aliphatic heterocycles. The highest BCUT2D eigenvalue weighted by molar-refractivity contribution is 4.89. The molecule has 1 N–H and O–H groups in total. The van der Waals surface area contributed by atoms with Gasteiger partial charge in [0.05, 0.1) is 6.10 Å². The first-order valence-corrected chi connectivity index (χ1v) is 6.08. The van der Waals surface area contributed by atoms with Gasteiger partial charge in [0.1, 0.15) is 0 Å². The van der Waals surface area contributed by atoms with Gasteiger partial charge in [0.25, 0.3) is 0 Å². The van der Waals surface area contributed by atoms with E-state index >= 15 is 0 Å². The smallest absolute Gasteiger partial charge is 0.0601 e.